The van der Waals surface area contributed by atoms with Gasteiger partial charge in [0.05, 0.1) is 5.69 Å². The Bertz CT molecular complexity index is 1060. The average Bonchev–Trinajstić information content (AvgIpc) is 3.23. The third-order valence-electron chi connectivity index (χ3n) is 5.91. The maximum atomic E-state index is 12.2. The monoisotopic (exact) mass is 443 g/mol. The van der Waals surface area contributed by atoms with E-state index < -0.39 is 13.0 Å². The fraction of sp³-hybridized carbons (Fsp3) is 0.455. The number of fused-ring (bicyclic) bond motifs is 1. The van der Waals surface area contributed by atoms with Crippen molar-refractivity contribution in [3.8, 4) is 11.1 Å². The summed E-state index contributed by atoms with van der Waals surface area (Å²) in [6.07, 6.45) is 5.04. The highest BCUT2D eigenvalue weighted by atomic mass is 19.3. The molecule has 170 valence electrons. The molecule has 2 heterocycles. The van der Waals surface area contributed by atoms with Crippen LogP contribution in [-0.2, 0) is 4.74 Å². The number of aromatic amines is 1. The lowest BCUT2D eigenvalue weighted by molar-refractivity contribution is -0.00112. The quantitative estimate of drug-likeness (QED) is 0.323. The van der Waals surface area contributed by atoms with E-state index in [1.807, 2.05) is 24.5 Å². The molecule has 1 fully saturated rings. The van der Waals surface area contributed by atoms with Crippen LogP contribution in [0, 0.1) is 11.4 Å². The molecule has 0 spiro atoms. The fourth-order valence-corrected chi connectivity index (χ4v) is 4.20. The van der Waals surface area contributed by atoms with Crippen LogP contribution >= 0.6 is 0 Å². The number of aromatic nitrogens is 3. The molecule has 4 rings (SSSR count). The standard InChI is InChI=1S/C22H27F2N7O/c1-26-19-8-14(4-7-18(19)31-25)16-9-27-21-17(16)10-28-22(30-21)29-15-5-2-13(3-6-15)11-32-12-20(23)24/h4,7-10,13,15,20,25-26H,2-3,5-6,11-12H2,1H3,(H2,27,28,29,30). The number of hydrogen-bond donors (Lipinski definition) is 4. The Morgan fingerprint density at radius 1 is 1.28 bits per heavy atom. The molecule has 0 bridgehead atoms. The van der Waals surface area contributed by atoms with E-state index in [1.165, 1.54) is 0 Å². The van der Waals surface area contributed by atoms with E-state index in [-0.39, 0.29) is 6.04 Å². The SMILES string of the molecule is CNc1cc(-c2c[nH]c3nc(NC4CCC(COCC(F)F)CC4)ncc23)ccc1N=N. The molecule has 4 N–H and O–H groups in total. The third-order valence-corrected chi connectivity index (χ3v) is 5.91. The predicted octanol–water partition coefficient (Wildman–Crippen LogP) is 5.58. The highest BCUT2D eigenvalue weighted by Gasteiger charge is 2.22. The van der Waals surface area contributed by atoms with Gasteiger partial charge in [0.2, 0.25) is 5.95 Å². The van der Waals surface area contributed by atoms with Gasteiger partial charge in [0, 0.05) is 43.0 Å². The molecule has 1 aliphatic carbocycles. The average molecular weight is 444 g/mol. The lowest BCUT2D eigenvalue weighted by Gasteiger charge is -2.28. The van der Waals surface area contributed by atoms with Crippen LogP contribution < -0.4 is 10.6 Å². The van der Waals surface area contributed by atoms with Crippen LogP contribution in [0.2, 0.25) is 0 Å². The lowest BCUT2D eigenvalue weighted by atomic mass is 9.86. The van der Waals surface area contributed by atoms with Crippen LogP contribution in [0.25, 0.3) is 22.2 Å². The Kier molecular flexibility index (Phi) is 6.89. The Morgan fingerprint density at radius 2 is 2.09 bits per heavy atom. The number of benzene rings is 1. The van der Waals surface area contributed by atoms with Crippen LogP contribution in [0.15, 0.2) is 35.7 Å². The number of halogens is 2. The van der Waals surface area contributed by atoms with Crippen molar-refractivity contribution < 1.29 is 13.5 Å². The maximum absolute atomic E-state index is 12.2. The van der Waals surface area contributed by atoms with E-state index >= 15 is 0 Å². The second-order valence-electron chi connectivity index (χ2n) is 8.04. The van der Waals surface area contributed by atoms with Gasteiger partial charge < -0.3 is 20.4 Å². The molecule has 32 heavy (non-hydrogen) atoms. The van der Waals surface area contributed by atoms with Crippen molar-refractivity contribution in [2.24, 2.45) is 11.0 Å². The summed E-state index contributed by atoms with van der Waals surface area (Å²) in [6, 6.07) is 5.93. The molecular weight excluding hydrogens is 416 g/mol. The van der Waals surface area contributed by atoms with Gasteiger partial charge in [0.25, 0.3) is 6.43 Å². The Labute approximate surface area is 184 Å². The van der Waals surface area contributed by atoms with Gasteiger partial charge in [-0.1, -0.05) is 6.07 Å². The third kappa shape index (κ3) is 5.01. The first-order valence-corrected chi connectivity index (χ1v) is 10.7. The van der Waals surface area contributed by atoms with Crippen LogP contribution in [0.3, 0.4) is 0 Å². The van der Waals surface area contributed by atoms with Crippen molar-refractivity contribution in [2.75, 3.05) is 30.9 Å². The zero-order valence-electron chi connectivity index (χ0n) is 17.9. The summed E-state index contributed by atoms with van der Waals surface area (Å²) in [4.78, 5) is 12.4. The van der Waals surface area contributed by atoms with E-state index in [2.05, 4.69) is 30.7 Å². The fourth-order valence-electron chi connectivity index (χ4n) is 4.20. The smallest absolute Gasteiger partial charge is 0.261 e. The van der Waals surface area contributed by atoms with Gasteiger partial charge in [-0.2, -0.15) is 10.1 Å². The molecular formula is C22H27F2N7O. The first-order chi connectivity index (χ1) is 15.6. The molecule has 0 atom stereocenters. The molecule has 1 aromatic carbocycles. The predicted molar refractivity (Wildman–Crippen MR) is 120 cm³/mol. The first-order valence-electron chi connectivity index (χ1n) is 10.7. The molecule has 0 amide bonds. The summed E-state index contributed by atoms with van der Waals surface area (Å²) in [5.74, 6) is 0.903. The van der Waals surface area contributed by atoms with E-state index in [0.29, 0.717) is 24.2 Å². The largest absolute Gasteiger partial charge is 0.386 e. The first kappa shape index (κ1) is 22.1. The molecule has 1 saturated carbocycles. The molecule has 8 nitrogen and oxygen atoms in total. The van der Waals surface area contributed by atoms with E-state index in [4.69, 9.17) is 10.3 Å². The molecule has 3 aromatic rings. The summed E-state index contributed by atoms with van der Waals surface area (Å²) in [7, 11) is 1.80. The molecule has 0 unspecified atom stereocenters. The number of nitrogens with one attached hydrogen (secondary N) is 4. The Morgan fingerprint density at radius 3 is 2.81 bits per heavy atom. The second kappa shape index (κ2) is 9.99. The highest BCUT2D eigenvalue weighted by Crippen LogP contribution is 2.34. The molecule has 10 heteroatoms. The van der Waals surface area contributed by atoms with Gasteiger partial charge in [-0.25, -0.2) is 19.3 Å². The van der Waals surface area contributed by atoms with Crippen molar-refractivity contribution in [1.29, 1.82) is 5.53 Å². The molecule has 1 aliphatic rings. The number of rotatable bonds is 9. The zero-order chi connectivity index (χ0) is 22.5. The highest BCUT2D eigenvalue weighted by molar-refractivity contribution is 5.94. The molecule has 0 aliphatic heterocycles. The molecule has 0 saturated heterocycles. The summed E-state index contributed by atoms with van der Waals surface area (Å²) < 4.78 is 29.5. The maximum Gasteiger partial charge on any atom is 0.261 e. The van der Waals surface area contributed by atoms with Gasteiger partial charge in [-0.15, -0.1) is 0 Å². The minimum Gasteiger partial charge on any atom is -0.386 e. The number of H-pyrrole nitrogens is 1. The van der Waals surface area contributed by atoms with Crippen LogP contribution in [0.1, 0.15) is 25.7 Å². The number of anilines is 2. The van der Waals surface area contributed by atoms with E-state index in [1.54, 1.807) is 13.1 Å². The molecule has 2 aromatic heterocycles. The zero-order valence-corrected chi connectivity index (χ0v) is 17.9. The molecule has 0 radical (unpaired) electrons. The van der Waals surface area contributed by atoms with Crippen molar-refractivity contribution in [1.82, 2.24) is 15.0 Å². The minimum absolute atomic E-state index is 0.257. The van der Waals surface area contributed by atoms with Gasteiger partial charge >= 0.3 is 0 Å². The van der Waals surface area contributed by atoms with Gasteiger partial charge in [-0.3, -0.25) is 0 Å². The summed E-state index contributed by atoms with van der Waals surface area (Å²) in [5, 5.41) is 10.9. The summed E-state index contributed by atoms with van der Waals surface area (Å²) in [5.41, 5.74) is 11.3. The number of alkyl halides is 2. The van der Waals surface area contributed by atoms with Crippen molar-refractivity contribution in [3.05, 3.63) is 30.6 Å². The Hall–Kier alpha value is -3.14. The summed E-state index contributed by atoms with van der Waals surface area (Å²) >= 11 is 0. The van der Waals surface area contributed by atoms with Gasteiger partial charge in [0.15, 0.2) is 0 Å². The topological polar surface area (TPSA) is 111 Å². The van der Waals surface area contributed by atoms with Crippen LogP contribution in [0.4, 0.5) is 26.1 Å². The van der Waals surface area contributed by atoms with Crippen LogP contribution in [0.5, 0.6) is 0 Å². The van der Waals surface area contributed by atoms with Crippen LogP contribution in [-0.4, -0.2) is 47.7 Å². The number of ether oxygens (including phenoxy) is 1. The van der Waals surface area contributed by atoms with Gasteiger partial charge in [0.1, 0.15) is 17.9 Å². The summed E-state index contributed by atoms with van der Waals surface area (Å²) in [6.45, 7) is -0.0823. The Balaban J connectivity index is 1.40. The normalized spacial score (nSPS) is 18.8. The van der Waals surface area contributed by atoms with E-state index in [9.17, 15) is 8.78 Å². The van der Waals surface area contributed by atoms with E-state index in [0.717, 1.165) is 53.5 Å². The van der Waals surface area contributed by atoms with Gasteiger partial charge in [-0.05, 0) is 49.3 Å². The number of hydrogen-bond acceptors (Lipinski definition) is 7. The van der Waals surface area contributed by atoms with Crippen molar-refractivity contribution >= 4 is 28.4 Å². The number of nitrogens with zero attached hydrogens (tertiary/aromatic N) is 3. The second-order valence-corrected chi connectivity index (χ2v) is 8.04. The van der Waals surface area contributed by atoms with Crippen molar-refractivity contribution in [3.63, 3.8) is 0 Å². The minimum atomic E-state index is -2.41. The lowest BCUT2D eigenvalue weighted by Crippen LogP contribution is -2.28. The van der Waals surface area contributed by atoms with Crippen molar-refractivity contribution in [2.45, 2.75) is 38.2 Å².